The van der Waals surface area contributed by atoms with Crippen LogP contribution in [0, 0.1) is 0 Å². The molecule has 0 saturated carbocycles. The average Bonchev–Trinajstić information content (AvgIpc) is 2.68. The van der Waals surface area contributed by atoms with Gasteiger partial charge in [0.2, 0.25) is 0 Å². The highest BCUT2D eigenvalue weighted by molar-refractivity contribution is 8.24. The van der Waals surface area contributed by atoms with Gasteiger partial charge in [0.1, 0.15) is 11.4 Å². The molecule has 2 fully saturated rings. The summed E-state index contributed by atoms with van der Waals surface area (Å²) >= 11 is 0. The molecule has 0 amide bonds. The number of nitrogens with zero attached hydrogens (tertiary/aromatic N) is 2. The Hall–Kier alpha value is -1.39. The lowest BCUT2D eigenvalue weighted by atomic mass is 9.94. The molecule has 2 aliphatic rings. The summed E-state index contributed by atoms with van der Waals surface area (Å²) in [5.41, 5.74) is 0.168. The summed E-state index contributed by atoms with van der Waals surface area (Å²) < 4.78 is 34.0. The predicted molar refractivity (Wildman–Crippen MR) is 111 cm³/mol. The second-order valence-corrected chi connectivity index (χ2v) is 11.1. The van der Waals surface area contributed by atoms with E-state index >= 15 is 0 Å². The molecule has 164 valence electrons. The molecule has 29 heavy (non-hydrogen) atoms. The third-order valence-electron chi connectivity index (χ3n) is 5.60. The highest BCUT2D eigenvalue weighted by Gasteiger charge is 2.56. The zero-order valence-corrected chi connectivity index (χ0v) is 18.2. The lowest BCUT2D eigenvalue weighted by Gasteiger charge is -2.56. The van der Waals surface area contributed by atoms with Crippen LogP contribution in [-0.2, 0) is 14.3 Å². The van der Waals surface area contributed by atoms with Crippen LogP contribution < -0.4 is 0 Å². The number of aromatic nitrogens is 1. The fourth-order valence-corrected chi connectivity index (χ4v) is 6.15. The average molecular weight is 429 g/mol. The Morgan fingerprint density at radius 1 is 1.24 bits per heavy atom. The van der Waals surface area contributed by atoms with Crippen LogP contribution in [0.1, 0.15) is 58.1 Å². The largest absolute Gasteiger partial charge is 0.506 e. The van der Waals surface area contributed by atoms with Crippen molar-refractivity contribution in [3.05, 3.63) is 24.0 Å². The standard InChI is InChI=1S/C20H32N2O6S/c1-19(2,3)28-18(24)20(8-12-27-13-9-20)29(25,26)22-10-6-15(7-11-22)17-5-4-16(23)14-21-17/h4-5,14-15,23,25-26H,6-13H2,1-3H3. The fraction of sp³-hybridized carbons (Fsp3) is 0.700. The number of ether oxygens (including phenoxy) is 2. The number of carbonyl (C=O) groups excluding carboxylic acids is 1. The van der Waals surface area contributed by atoms with Gasteiger partial charge >= 0.3 is 5.97 Å². The topological polar surface area (TPSA) is 112 Å². The quantitative estimate of drug-likeness (QED) is 0.625. The smallest absolute Gasteiger partial charge is 0.333 e. The number of pyridine rings is 1. The van der Waals surface area contributed by atoms with Crippen LogP contribution >= 0.6 is 10.8 Å². The monoisotopic (exact) mass is 428 g/mol. The summed E-state index contributed by atoms with van der Waals surface area (Å²) in [6.45, 7) is 6.81. The minimum atomic E-state index is -3.41. The molecule has 1 aromatic heterocycles. The van der Waals surface area contributed by atoms with E-state index in [1.807, 2.05) is 0 Å². The maximum atomic E-state index is 13.1. The van der Waals surface area contributed by atoms with Crippen molar-refractivity contribution in [1.29, 1.82) is 0 Å². The van der Waals surface area contributed by atoms with Crippen LogP contribution in [0.3, 0.4) is 0 Å². The SMILES string of the molecule is CC(C)(C)OC(=O)C1(S(O)(O)N2CCC(c3ccc(O)cn3)CC2)CCOCC1. The van der Waals surface area contributed by atoms with E-state index in [4.69, 9.17) is 9.47 Å². The Bertz CT molecular complexity index is 705. The van der Waals surface area contributed by atoms with E-state index < -0.39 is 27.1 Å². The minimum absolute atomic E-state index is 0.124. The van der Waals surface area contributed by atoms with Gasteiger partial charge in [-0.05, 0) is 45.7 Å². The van der Waals surface area contributed by atoms with Crippen molar-refractivity contribution in [2.24, 2.45) is 0 Å². The molecule has 0 atom stereocenters. The molecule has 0 aliphatic carbocycles. The van der Waals surface area contributed by atoms with E-state index in [1.54, 1.807) is 37.2 Å². The fourth-order valence-electron chi connectivity index (χ4n) is 3.95. The molecule has 1 aromatic rings. The van der Waals surface area contributed by atoms with Crippen molar-refractivity contribution in [3.8, 4) is 5.75 Å². The van der Waals surface area contributed by atoms with E-state index in [2.05, 4.69) is 4.98 Å². The first kappa shape index (κ1) is 22.3. The van der Waals surface area contributed by atoms with Crippen LogP contribution in [0.4, 0.5) is 0 Å². The molecule has 0 spiro atoms. The van der Waals surface area contributed by atoms with Crippen molar-refractivity contribution in [2.45, 2.75) is 62.7 Å². The van der Waals surface area contributed by atoms with E-state index in [1.165, 1.54) is 6.20 Å². The van der Waals surface area contributed by atoms with Gasteiger partial charge in [-0.3, -0.25) is 14.1 Å². The van der Waals surface area contributed by atoms with Crippen LogP contribution in [0.2, 0.25) is 0 Å². The van der Waals surface area contributed by atoms with Gasteiger partial charge in [0.05, 0.1) is 6.20 Å². The molecule has 3 N–H and O–H groups in total. The Morgan fingerprint density at radius 2 is 1.86 bits per heavy atom. The first-order valence-corrected chi connectivity index (χ1v) is 11.5. The highest BCUT2D eigenvalue weighted by Crippen LogP contribution is 2.61. The van der Waals surface area contributed by atoms with Gasteiger partial charge in [-0.2, -0.15) is 0 Å². The number of carbonyl (C=O) groups is 1. The van der Waals surface area contributed by atoms with E-state index in [9.17, 15) is 19.0 Å². The summed E-state index contributed by atoms with van der Waals surface area (Å²) in [5, 5.41) is 9.42. The molecular formula is C20H32N2O6S. The molecule has 3 heterocycles. The van der Waals surface area contributed by atoms with Gasteiger partial charge in [0.25, 0.3) is 0 Å². The third kappa shape index (κ3) is 4.69. The van der Waals surface area contributed by atoms with Crippen LogP contribution in [-0.4, -0.2) is 66.1 Å². The second kappa shape index (κ2) is 8.39. The lowest BCUT2D eigenvalue weighted by Crippen LogP contribution is -2.55. The number of aromatic hydroxyl groups is 1. The van der Waals surface area contributed by atoms with Gasteiger partial charge in [0.15, 0.2) is 4.75 Å². The Labute approximate surface area is 173 Å². The van der Waals surface area contributed by atoms with Gasteiger partial charge in [-0.15, -0.1) is 10.8 Å². The number of esters is 1. The van der Waals surface area contributed by atoms with Crippen LogP contribution in [0.25, 0.3) is 0 Å². The summed E-state index contributed by atoms with van der Waals surface area (Å²) in [5.74, 6) is -0.260. The van der Waals surface area contributed by atoms with E-state index in [0.717, 1.165) is 5.69 Å². The molecular weight excluding hydrogens is 396 g/mol. The molecule has 2 aliphatic heterocycles. The van der Waals surface area contributed by atoms with Gasteiger partial charge in [-0.1, -0.05) is 0 Å². The number of hydrogen-bond donors (Lipinski definition) is 3. The van der Waals surface area contributed by atoms with Gasteiger partial charge < -0.3 is 14.6 Å². The summed E-state index contributed by atoms with van der Waals surface area (Å²) in [4.78, 5) is 17.4. The van der Waals surface area contributed by atoms with Crippen molar-refractivity contribution in [1.82, 2.24) is 9.29 Å². The molecule has 0 unspecified atom stereocenters. The van der Waals surface area contributed by atoms with Crippen LogP contribution in [0.5, 0.6) is 5.75 Å². The Balaban J connectivity index is 1.76. The Kier molecular flexibility index (Phi) is 6.45. The zero-order valence-electron chi connectivity index (χ0n) is 17.3. The minimum Gasteiger partial charge on any atom is -0.506 e. The molecule has 2 saturated heterocycles. The summed E-state index contributed by atoms with van der Waals surface area (Å²) in [7, 11) is -3.41. The highest BCUT2D eigenvalue weighted by atomic mass is 32.3. The second-order valence-electron chi connectivity index (χ2n) is 8.77. The number of rotatable bonds is 4. The first-order valence-electron chi connectivity index (χ1n) is 10.0. The lowest BCUT2D eigenvalue weighted by molar-refractivity contribution is -0.161. The predicted octanol–water partition coefficient (Wildman–Crippen LogP) is 3.52. The van der Waals surface area contributed by atoms with Crippen molar-refractivity contribution in [3.63, 3.8) is 0 Å². The van der Waals surface area contributed by atoms with Crippen molar-refractivity contribution >= 4 is 16.7 Å². The third-order valence-corrected chi connectivity index (χ3v) is 8.31. The van der Waals surface area contributed by atoms with Gasteiger partial charge in [-0.25, -0.2) is 9.10 Å². The zero-order chi connectivity index (χ0) is 21.3. The molecule has 9 heteroatoms. The van der Waals surface area contributed by atoms with E-state index in [-0.39, 0.29) is 24.5 Å². The normalized spacial score (nSPS) is 22.2. The maximum Gasteiger partial charge on any atom is 0.333 e. The molecule has 3 rings (SSSR count). The van der Waals surface area contributed by atoms with Gasteiger partial charge in [0, 0.05) is 50.8 Å². The molecule has 0 aromatic carbocycles. The molecule has 0 bridgehead atoms. The van der Waals surface area contributed by atoms with Crippen molar-refractivity contribution < 1.29 is 28.5 Å². The molecule has 0 radical (unpaired) electrons. The summed E-state index contributed by atoms with van der Waals surface area (Å²) in [6, 6.07) is 3.41. The number of piperidine rings is 1. The van der Waals surface area contributed by atoms with Crippen LogP contribution in [0.15, 0.2) is 18.3 Å². The molecule has 8 nitrogen and oxygen atoms in total. The first-order chi connectivity index (χ1) is 13.6. The Morgan fingerprint density at radius 3 is 2.38 bits per heavy atom. The number of hydrogen-bond acceptors (Lipinski definition) is 8. The summed E-state index contributed by atoms with van der Waals surface area (Å²) in [6.07, 6.45) is 3.26. The van der Waals surface area contributed by atoms with Crippen molar-refractivity contribution in [2.75, 3.05) is 26.3 Å². The maximum absolute atomic E-state index is 13.1. The van der Waals surface area contributed by atoms with E-state index in [0.29, 0.717) is 39.1 Å².